The predicted molar refractivity (Wildman–Crippen MR) is 62.8 cm³/mol. The number of nitriles is 1. The molecule has 0 fully saturated rings. The van der Waals surface area contributed by atoms with Crippen molar-refractivity contribution in [3.63, 3.8) is 0 Å². The molecule has 0 aliphatic carbocycles. The molecule has 0 atom stereocenters. The average molecular weight is 235 g/mol. The van der Waals surface area contributed by atoms with Gasteiger partial charge in [0.15, 0.2) is 0 Å². The molecule has 0 aliphatic heterocycles. The summed E-state index contributed by atoms with van der Waals surface area (Å²) in [5, 5.41) is 22.4. The summed E-state index contributed by atoms with van der Waals surface area (Å²) in [6.45, 7) is 3.61. The molecule has 6 heteroatoms. The third-order valence-corrected chi connectivity index (χ3v) is 2.10. The lowest BCUT2D eigenvalue weighted by Gasteiger charge is -2.07. The molecule has 0 bridgehead atoms. The summed E-state index contributed by atoms with van der Waals surface area (Å²) < 4.78 is 5.14. The van der Waals surface area contributed by atoms with Crippen molar-refractivity contribution in [3.05, 3.63) is 33.9 Å². The van der Waals surface area contributed by atoms with Gasteiger partial charge in [0.2, 0.25) is 0 Å². The smallest absolute Gasteiger partial charge is 0.270 e. The first kappa shape index (κ1) is 12.9. The van der Waals surface area contributed by atoms with Gasteiger partial charge in [-0.15, -0.1) is 0 Å². The summed E-state index contributed by atoms with van der Waals surface area (Å²) in [4.78, 5) is 10.0. The first-order valence-corrected chi connectivity index (χ1v) is 5.19. The molecule has 1 aromatic carbocycles. The van der Waals surface area contributed by atoms with Crippen LogP contribution in [0.15, 0.2) is 18.2 Å². The maximum atomic E-state index is 10.5. The van der Waals surface area contributed by atoms with Crippen LogP contribution >= 0.6 is 0 Å². The van der Waals surface area contributed by atoms with Crippen LogP contribution in [-0.2, 0) is 4.74 Å². The Balaban J connectivity index is 2.73. The van der Waals surface area contributed by atoms with Crippen molar-refractivity contribution in [1.29, 1.82) is 5.26 Å². The Kier molecular flexibility index (Phi) is 4.91. The zero-order valence-corrected chi connectivity index (χ0v) is 9.47. The van der Waals surface area contributed by atoms with Gasteiger partial charge in [0.05, 0.1) is 22.8 Å². The molecule has 0 unspecified atom stereocenters. The molecule has 0 saturated carbocycles. The highest BCUT2D eigenvalue weighted by atomic mass is 16.6. The molecule has 17 heavy (non-hydrogen) atoms. The monoisotopic (exact) mass is 235 g/mol. The summed E-state index contributed by atoms with van der Waals surface area (Å²) in [6.07, 6.45) is 0. The second kappa shape index (κ2) is 6.45. The number of hydrogen-bond acceptors (Lipinski definition) is 5. The van der Waals surface area contributed by atoms with Crippen molar-refractivity contribution in [1.82, 2.24) is 0 Å². The maximum absolute atomic E-state index is 10.5. The van der Waals surface area contributed by atoms with Crippen LogP contribution in [-0.4, -0.2) is 24.7 Å². The van der Waals surface area contributed by atoms with Gasteiger partial charge in [-0.3, -0.25) is 10.1 Å². The number of nitro benzene ring substituents is 1. The van der Waals surface area contributed by atoms with E-state index in [1.807, 2.05) is 13.0 Å². The van der Waals surface area contributed by atoms with Crippen LogP contribution < -0.4 is 5.32 Å². The van der Waals surface area contributed by atoms with Crippen LogP contribution in [0.2, 0.25) is 0 Å². The van der Waals surface area contributed by atoms with Crippen LogP contribution in [0.4, 0.5) is 11.4 Å². The number of benzene rings is 1. The molecule has 0 heterocycles. The van der Waals surface area contributed by atoms with Crippen LogP contribution in [0.25, 0.3) is 0 Å². The lowest BCUT2D eigenvalue weighted by atomic mass is 10.1. The van der Waals surface area contributed by atoms with Gasteiger partial charge in [-0.2, -0.15) is 5.26 Å². The zero-order chi connectivity index (χ0) is 12.7. The number of hydrogen-bond donors (Lipinski definition) is 1. The van der Waals surface area contributed by atoms with Gasteiger partial charge < -0.3 is 10.1 Å². The predicted octanol–water partition coefficient (Wildman–Crippen LogP) is 1.91. The van der Waals surface area contributed by atoms with E-state index in [1.165, 1.54) is 18.2 Å². The van der Waals surface area contributed by atoms with Gasteiger partial charge in [-0.05, 0) is 13.0 Å². The van der Waals surface area contributed by atoms with Crippen LogP contribution in [0.1, 0.15) is 12.5 Å². The van der Waals surface area contributed by atoms with Crippen LogP contribution in [0, 0.1) is 21.4 Å². The number of nitro groups is 1. The number of anilines is 1. The number of non-ortho nitro benzene ring substituents is 1. The lowest BCUT2D eigenvalue weighted by molar-refractivity contribution is -0.384. The van der Waals surface area contributed by atoms with E-state index in [4.69, 9.17) is 10.00 Å². The van der Waals surface area contributed by atoms with Gasteiger partial charge in [-0.25, -0.2) is 0 Å². The largest absolute Gasteiger partial charge is 0.382 e. The van der Waals surface area contributed by atoms with E-state index in [-0.39, 0.29) is 11.3 Å². The molecule has 0 amide bonds. The maximum Gasteiger partial charge on any atom is 0.270 e. The molecule has 6 nitrogen and oxygen atoms in total. The van der Waals surface area contributed by atoms with E-state index in [9.17, 15) is 10.1 Å². The minimum Gasteiger partial charge on any atom is -0.382 e. The average Bonchev–Trinajstić information content (AvgIpc) is 2.34. The summed E-state index contributed by atoms with van der Waals surface area (Å²) in [6, 6.07) is 6.07. The van der Waals surface area contributed by atoms with Crippen molar-refractivity contribution in [3.8, 4) is 6.07 Å². The Hall–Kier alpha value is -2.13. The van der Waals surface area contributed by atoms with E-state index < -0.39 is 4.92 Å². The minimum absolute atomic E-state index is 0.0862. The van der Waals surface area contributed by atoms with Gasteiger partial charge in [0.25, 0.3) is 5.69 Å². The fourth-order valence-electron chi connectivity index (χ4n) is 1.29. The highest BCUT2D eigenvalue weighted by molar-refractivity contribution is 5.61. The molecule has 1 N–H and O–H groups in total. The van der Waals surface area contributed by atoms with Crippen molar-refractivity contribution in [2.24, 2.45) is 0 Å². The molecule has 0 aromatic heterocycles. The second-order valence-electron chi connectivity index (χ2n) is 3.22. The molecule has 1 rings (SSSR count). The van der Waals surface area contributed by atoms with Gasteiger partial charge >= 0.3 is 0 Å². The molecule has 0 aliphatic rings. The third kappa shape index (κ3) is 3.74. The molecule has 1 aromatic rings. The van der Waals surface area contributed by atoms with E-state index in [0.717, 1.165) is 0 Å². The molecule has 0 spiro atoms. The van der Waals surface area contributed by atoms with Crippen molar-refractivity contribution >= 4 is 11.4 Å². The first-order chi connectivity index (χ1) is 8.19. The highest BCUT2D eigenvalue weighted by Gasteiger charge is 2.09. The molecule has 0 saturated heterocycles. The van der Waals surface area contributed by atoms with Gasteiger partial charge in [0, 0.05) is 25.3 Å². The summed E-state index contributed by atoms with van der Waals surface area (Å²) >= 11 is 0. The topological polar surface area (TPSA) is 88.2 Å². The van der Waals surface area contributed by atoms with E-state index in [1.54, 1.807) is 0 Å². The van der Waals surface area contributed by atoms with Gasteiger partial charge in [0.1, 0.15) is 6.07 Å². The fourth-order valence-corrected chi connectivity index (χ4v) is 1.29. The first-order valence-electron chi connectivity index (χ1n) is 5.19. The number of rotatable bonds is 6. The quantitative estimate of drug-likeness (QED) is 0.462. The van der Waals surface area contributed by atoms with E-state index >= 15 is 0 Å². The van der Waals surface area contributed by atoms with Crippen molar-refractivity contribution < 1.29 is 9.66 Å². The van der Waals surface area contributed by atoms with E-state index in [0.29, 0.717) is 25.4 Å². The molecular weight excluding hydrogens is 222 g/mol. The standard InChI is InChI=1S/C11H13N3O3/c1-2-17-6-5-13-11-4-3-10(14(15)16)7-9(11)8-12/h3-4,7,13H,2,5-6H2,1H3. The van der Waals surface area contributed by atoms with Crippen molar-refractivity contribution in [2.75, 3.05) is 25.1 Å². The number of nitrogens with one attached hydrogen (secondary N) is 1. The van der Waals surface area contributed by atoms with Gasteiger partial charge in [-0.1, -0.05) is 0 Å². The normalized spacial score (nSPS) is 9.65. The minimum atomic E-state index is -0.523. The number of ether oxygens (including phenoxy) is 1. The fraction of sp³-hybridized carbons (Fsp3) is 0.364. The lowest BCUT2D eigenvalue weighted by Crippen LogP contribution is -2.10. The Bertz CT molecular complexity index is 440. The molecular formula is C11H13N3O3. The Labute approximate surface area is 99.0 Å². The Morgan fingerprint density at radius 3 is 2.94 bits per heavy atom. The summed E-state index contributed by atoms with van der Waals surface area (Å²) in [5.41, 5.74) is 0.755. The summed E-state index contributed by atoms with van der Waals surface area (Å²) in [5.74, 6) is 0. The van der Waals surface area contributed by atoms with Crippen LogP contribution in [0.5, 0.6) is 0 Å². The Morgan fingerprint density at radius 1 is 1.59 bits per heavy atom. The molecule has 0 radical (unpaired) electrons. The Morgan fingerprint density at radius 2 is 2.35 bits per heavy atom. The highest BCUT2D eigenvalue weighted by Crippen LogP contribution is 2.20. The SMILES string of the molecule is CCOCCNc1ccc([N+](=O)[O-])cc1C#N. The number of nitrogens with zero attached hydrogens (tertiary/aromatic N) is 2. The summed E-state index contributed by atoms with van der Waals surface area (Å²) in [7, 11) is 0. The zero-order valence-electron chi connectivity index (χ0n) is 9.47. The third-order valence-electron chi connectivity index (χ3n) is 2.10. The van der Waals surface area contributed by atoms with Crippen LogP contribution in [0.3, 0.4) is 0 Å². The molecule has 90 valence electrons. The second-order valence-corrected chi connectivity index (χ2v) is 3.22. The van der Waals surface area contributed by atoms with Crippen molar-refractivity contribution in [2.45, 2.75) is 6.92 Å². The van der Waals surface area contributed by atoms with E-state index in [2.05, 4.69) is 5.32 Å².